The minimum Gasteiger partial charge on any atom is -0.446 e. The van der Waals surface area contributed by atoms with Gasteiger partial charge in [-0.1, -0.05) is 60.7 Å². The number of amides is 2. The fourth-order valence-corrected chi connectivity index (χ4v) is 2.94. The molecule has 0 spiro atoms. The molecule has 7 nitrogen and oxygen atoms in total. The SMILES string of the molecule is CC(=O)c1cccc(NC(=O)[C@@H](OC(=O)CNC(=O)c2ccccc2)c2ccccc2)c1. The van der Waals surface area contributed by atoms with E-state index in [1.807, 2.05) is 0 Å². The number of anilines is 1. The average Bonchev–Trinajstić information content (AvgIpc) is 2.82. The van der Waals surface area contributed by atoms with Crippen LogP contribution in [0.3, 0.4) is 0 Å². The highest BCUT2D eigenvalue weighted by Crippen LogP contribution is 2.21. The predicted octanol–water partition coefficient (Wildman–Crippen LogP) is 3.54. The van der Waals surface area contributed by atoms with E-state index in [1.54, 1.807) is 84.9 Å². The van der Waals surface area contributed by atoms with E-state index in [2.05, 4.69) is 10.6 Å². The third-order valence-corrected chi connectivity index (χ3v) is 4.56. The van der Waals surface area contributed by atoms with Crippen LogP contribution in [0.4, 0.5) is 5.69 Å². The maximum atomic E-state index is 12.9. The lowest BCUT2D eigenvalue weighted by Gasteiger charge is -2.18. The largest absolute Gasteiger partial charge is 0.446 e. The molecule has 0 aliphatic heterocycles. The molecular formula is C25H22N2O5. The summed E-state index contributed by atoms with van der Waals surface area (Å²) < 4.78 is 5.40. The van der Waals surface area contributed by atoms with Gasteiger partial charge in [-0.3, -0.25) is 19.2 Å². The van der Waals surface area contributed by atoms with Crippen LogP contribution in [0.1, 0.15) is 39.3 Å². The molecule has 0 heterocycles. The topological polar surface area (TPSA) is 102 Å². The highest BCUT2D eigenvalue weighted by molar-refractivity contribution is 5.99. The predicted molar refractivity (Wildman–Crippen MR) is 119 cm³/mol. The molecule has 0 aliphatic rings. The summed E-state index contributed by atoms with van der Waals surface area (Å²) in [6.45, 7) is 1.03. The third-order valence-electron chi connectivity index (χ3n) is 4.56. The van der Waals surface area contributed by atoms with Crippen LogP contribution in [-0.2, 0) is 14.3 Å². The van der Waals surface area contributed by atoms with Crippen LogP contribution in [0.15, 0.2) is 84.9 Å². The first kappa shape index (κ1) is 22.4. The Labute approximate surface area is 185 Å². The molecule has 2 amide bonds. The second-order valence-corrected chi connectivity index (χ2v) is 6.96. The number of hydrogen-bond acceptors (Lipinski definition) is 5. The van der Waals surface area contributed by atoms with E-state index in [1.165, 1.54) is 6.92 Å². The van der Waals surface area contributed by atoms with Gasteiger partial charge in [0, 0.05) is 22.4 Å². The second-order valence-electron chi connectivity index (χ2n) is 6.96. The summed E-state index contributed by atoms with van der Waals surface area (Å²) in [5.74, 6) is -1.92. The molecule has 162 valence electrons. The number of esters is 1. The van der Waals surface area contributed by atoms with Crippen molar-refractivity contribution in [1.29, 1.82) is 0 Å². The highest BCUT2D eigenvalue weighted by Gasteiger charge is 2.25. The smallest absolute Gasteiger partial charge is 0.326 e. The summed E-state index contributed by atoms with van der Waals surface area (Å²) in [4.78, 5) is 49.1. The first-order chi connectivity index (χ1) is 15.4. The number of benzene rings is 3. The van der Waals surface area contributed by atoms with E-state index in [9.17, 15) is 19.2 Å². The van der Waals surface area contributed by atoms with Gasteiger partial charge in [-0.2, -0.15) is 0 Å². The molecule has 3 aromatic carbocycles. The molecule has 32 heavy (non-hydrogen) atoms. The van der Waals surface area contributed by atoms with Gasteiger partial charge in [0.1, 0.15) is 6.54 Å². The second kappa shape index (κ2) is 10.7. The molecule has 7 heteroatoms. The molecular weight excluding hydrogens is 408 g/mol. The zero-order valence-corrected chi connectivity index (χ0v) is 17.4. The van der Waals surface area contributed by atoms with E-state index >= 15 is 0 Å². The molecule has 0 aromatic heterocycles. The van der Waals surface area contributed by atoms with E-state index in [0.29, 0.717) is 22.4 Å². The Morgan fingerprint density at radius 2 is 1.44 bits per heavy atom. The van der Waals surface area contributed by atoms with Crippen molar-refractivity contribution in [3.05, 3.63) is 102 Å². The Morgan fingerprint density at radius 3 is 2.09 bits per heavy atom. The van der Waals surface area contributed by atoms with Gasteiger partial charge < -0.3 is 15.4 Å². The van der Waals surface area contributed by atoms with E-state index in [0.717, 1.165) is 0 Å². The molecule has 0 fully saturated rings. The van der Waals surface area contributed by atoms with Crippen LogP contribution < -0.4 is 10.6 Å². The van der Waals surface area contributed by atoms with E-state index < -0.39 is 30.4 Å². The molecule has 0 saturated heterocycles. The van der Waals surface area contributed by atoms with Crippen molar-refractivity contribution in [2.24, 2.45) is 0 Å². The maximum absolute atomic E-state index is 12.9. The molecule has 3 rings (SSSR count). The van der Waals surface area contributed by atoms with Gasteiger partial charge in [-0.05, 0) is 31.2 Å². The first-order valence-electron chi connectivity index (χ1n) is 9.93. The number of hydrogen-bond donors (Lipinski definition) is 2. The molecule has 0 radical (unpaired) electrons. The van der Waals surface area contributed by atoms with Crippen molar-refractivity contribution in [3.63, 3.8) is 0 Å². The number of carbonyl (C=O) groups excluding carboxylic acids is 4. The monoisotopic (exact) mass is 430 g/mol. The highest BCUT2D eigenvalue weighted by atomic mass is 16.5. The van der Waals surface area contributed by atoms with Crippen molar-refractivity contribution >= 4 is 29.3 Å². The summed E-state index contributed by atoms with van der Waals surface area (Å²) in [6.07, 6.45) is -1.24. The number of carbonyl (C=O) groups is 4. The average molecular weight is 430 g/mol. The molecule has 2 N–H and O–H groups in total. The van der Waals surface area contributed by atoms with Crippen LogP contribution in [0.5, 0.6) is 0 Å². The quantitative estimate of drug-likeness (QED) is 0.420. The Kier molecular flexibility index (Phi) is 7.48. The van der Waals surface area contributed by atoms with Crippen molar-refractivity contribution < 1.29 is 23.9 Å². The lowest BCUT2D eigenvalue weighted by molar-refractivity contribution is -0.153. The maximum Gasteiger partial charge on any atom is 0.326 e. The molecule has 3 aromatic rings. The molecule has 0 unspecified atom stereocenters. The number of ether oxygens (including phenoxy) is 1. The zero-order valence-electron chi connectivity index (χ0n) is 17.4. The Balaban J connectivity index is 1.69. The number of nitrogens with one attached hydrogen (secondary N) is 2. The lowest BCUT2D eigenvalue weighted by atomic mass is 10.1. The zero-order chi connectivity index (χ0) is 22.9. The first-order valence-corrected chi connectivity index (χ1v) is 9.93. The fourth-order valence-electron chi connectivity index (χ4n) is 2.94. The van der Waals surface area contributed by atoms with E-state index in [-0.39, 0.29) is 5.78 Å². The van der Waals surface area contributed by atoms with E-state index in [4.69, 9.17) is 4.74 Å². The summed E-state index contributed by atoms with van der Waals surface area (Å²) in [5.41, 5.74) is 1.72. The van der Waals surface area contributed by atoms with Gasteiger partial charge in [0.15, 0.2) is 5.78 Å². The minimum absolute atomic E-state index is 0.138. The van der Waals surface area contributed by atoms with Crippen LogP contribution in [0.25, 0.3) is 0 Å². The van der Waals surface area contributed by atoms with Crippen LogP contribution in [0, 0.1) is 0 Å². The third kappa shape index (κ3) is 6.12. The van der Waals surface area contributed by atoms with Gasteiger partial charge in [-0.15, -0.1) is 0 Å². The Bertz CT molecular complexity index is 1110. The number of rotatable bonds is 8. The summed E-state index contributed by atoms with van der Waals surface area (Å²) in [7, 11) is 0. The number of Topliss-reactive ketones (excluding diaryl/α,β-unsaturated/α-hetero) is 1. The summed E-state index contributed by atoms with van der Waals surface area (Å²) in [5, 5.41) is 5.16. The van der Waals surface area contributed by atoms with Crippen LogP contribution >= 0.6 is 0 Å². The lowest BCUT2D eigenvalue weighted by Crippen LogP contribution is -2.33. The molecule has 1 atom stereocenters. The fraction of sp³-hybridized carbons (Fsp3) is 0.120. The van der Waals surface area contributed by atoms with Gasteiger partial charge >= 0.3 is 5.97 Å². The van der Waals surface area contributed by atoms with Crippen molar-refractivity contribution in [1.82, 2.24) is 5.32 Å². The Hall–Kier alpha value is -4.26. The summed E-state index contributed by atoms with van der Waals surface area (Å²) in [6, 6.07) is 23.4. The standard InChI is InChI=1S/C25H22N2O5/c1-17(28)20-13-8-14-21(15-20)27-25(31)23(18-9-4-2-5-10-18)32-22(29)16-26-24(30)19-11-6-3-7-12-19/h2-15,23H,16H2,1H3,(H,26,30)(H,27,31)/t23-/m0/s1. The van der Waals surface area contributed by atoms with Gasteiger partial charge in [0.25, 0.3) is 11.8 Å². The molecule has 0 saturated carbocycles. The summed E-state index contributed by atoms with van der Waals surface area (Å²) >= 11 is 0. The van der Waals surface area contributed by atoms with Crippen LogP contribution in [-0.4, -0.2) is 30.1 Å². The normalized spacial score (nSPS) is 11.2. The van der Waals surface area contributed by atoms with Gasteiger partial charge in [-0.25, -0.2) is 0 Å². The van der Waals surface area contributed by atoms with Crippen molar-refractivity contribution in [2.75, 3.05) is 11.9 Å². The minimum atomic E-state index is -1.24. The number of ketones is 1. The molecule has 0 aliphatic carbocycles. The Morgan fingerprint density at radius 1 is 0.812 bits per heavy atom. The van der Waals surface area contributed by atoms with Gasteiger partial charge in [0.05, 0.1) is 0 Å². The van der Waals surface area contributed by atoms with Crippen molar-refractivity contribution in [2.45, 2.75) is 13.0 Å². The van der Waals surface area contributed by atoms with Crippen LogP contribution in [0.2, 0.25) is 0 Å². The van der Waals surface area contributed by atoms with Crippen molar-refractivity contribution in [3.8, 4) is 0 Å². The molecule has 0 bridgehead atoms. The van der Waals surface area contributed by atoms with Gasteiger partial charge in [0.2, 0.25) is 6.10 Å².